The Morgan fingerprint density at radius 2 is 2.00 bits per heavy atom. The number of hydrogen-bond donors (Lipinski definition) is 2. The summed E-state index contributed by atoms with van der Waals surface area (Å²) in [4.78, 5) is 1.68. The number of piperazine rings is 1. The molecule has 2 N–H and O–H groups in total. The Hall–Kier alpha value is -1.15. The van der Waals surface area contributed by atoms with Crippen molar-refractivity contribution in [1.29, 1.82) is 0 Å². The van der Waals surface area contributed by atoms with Gasteiger partial charge in [-0.1, -0.05) is 12.1 Å². The molecular formula is C14H19ClF2N2O3. The van der Waals surface area contributed by atoms with E-state index >= 15 is 0 Å². The summed E-state index contributed by atoms with van der Waals surface area (Å²) in [5.41, 5.74) is 0.367. The average Bonchev–Trinajstić information content (AvgIpc) is 2.98. The van der Waals surface area contributed by atoms with E-state index in [-0.39, 0.29) is 19.2 Å². The first-order valence-electron chi connectivity index (χ1n) is 6.95. The lowest BCUT2D eigenvalue weighted by molar-refractivity contribution is -0.119. The van der Waals surface area contributed by atoms with Gasteiger partial charge in [0.15, 0.2) is 11.5 Å². The summed E-state index contributed by atoms with van der Waals surface area (Å²) in [5, 5.41) is 12.3. The van der Waals surface area contributed by atoms with Crippen LogP contribution in [0.2, 0.25) is 0 Å². The number of benzene rings is 1. The monoisotopic (exact) mass is 336 g/mol. The number of alkyl halides is 2. The van der Waals surface area contributed by atoms with Crippen molar-refractivity contribution in [2.24, 2.45) is 0 Å². The highest BCUT2D eigenvalue weighted by molar-refractivity contribution is 5.85. The first kappa shape index (κ1) is 17.2. The molecule has 8 heteroatoms. The van der Waals surface area contributed by atoms with Gasteiger partial charge in [-0.15, -0.1) is 12.4 Å². The molecule has 1 saturated heterocycles. The fourth-order valence-electron chi connectivity index (χ4n) is 2.89. The molecular weight excluding hydrogens is 318 g/mol. The summed E-state index contributed by atoms with van der Waals surface area (Å²) in [5.74, 6) is -2.42. The van der Waals surface area contributed by atoms with E-state index in [2.05, 4.69) is 5.32 Å². The van der Waals surface area contributed by atoms with E-state index in [1.807, 2.05) is 0 Å². The lowest BCUT2D eigenvalue weighted by atomic mass is 9.97. The number of fused-ring (bicyclic) bond motifs is 1. The standard InChI is InChI=1S/C14H18F2N2O3.ClH/c15-14(16,8-19)13(18-6-4-17-5-7-18)10-2-1-3-11-12(10)21-9-20-11;/h1-3,13,17,19H,4-9H2;1H/t13-;/m1./s1. The van der Waals surface area contributed by atoms with E-state index in [9.17, 15) is 8.78 Å². The minimum absolute atomic E-state index is 0. The number of nitrogens with one attached hydrogen (secondary N) is 1. The van der Waals surface area contributed by atoms with E-state index in [1.165, 1.54) is 0 Å². The highest BCUT2D eigenvalue weighted by Gasteiger charge is 2.46. The molecule has 5 nitrogen and oxygen atoms in total. The van der Waals surface area contributed by atoms with Crippen molar-refractivity contribution in [3.63, 3.8) is 0 Å². The summed E-state index contributed by atoms with van der Waals surface area (Å²) < 4.78 is 39.3. The second-order valence-corrected chi connectivity index (χ2v) is 5.19. The highest BCUT2D eigenvalue weighted by atomic mass is 35.5. The SMILES string of the molecule is Cl.OCC(F)(F)[C@@H](c1cccc2c1OCO2)N1CCNCC1. The molecule has 0 saturated carbocycles. The molecule has 0 unspecified atom stereocenters. The Bertz CT molecular complexity index is 513. The van der Waals surface area contributed by atoms with E-state index in [1.54, 1.807) is 23.1 Å². The van der Waals surface area contributed by atoms with Crippen molar-refractivity contribution in [2.45, 2.75) is 12.0 Å². The van der Waals surface area contributed by atoms with E-state index in [0.717, 1.165) is 0 Å². The molecule has 124 valence electrons. The molecule has 2 aliphatic rings. The lowest BCUT2D eigenvalue weighted by Crippen LogP contribution is -2.51. The number of halogens is 3. The third kappa shape index (κ3) is 3.12. The summed E-state index contributed by atoms with van der Waals surface area (Å²) in [6.45, 7) is 1.10. The predicted octanol–water partition coefficient (Wildman–Crippen LogP) is 1.41. The first-order valence-corrected chi connectivity index (χ1v) is 6.95. The van der Waals surface area contributed by atoms with Gasteiger partial charge in [0.2, 0.25) is 6.79 Å². The van der Waals surface area contributed by atoms with Crippen molar-refractivity contribution in [3.05, 3.63) is 23.8 Å². The Morgan fingerprint density at radius 3 is 2.68 bits per heavy atom. The summed E-state index contributed by atoms with van der Waals surface area (Å²) in [7, 11) is 0. The molecule has 0 spiro atoms. The zero-order valence-electron chi connectivity index (χ0n) is 11.9. The van der Waals surface area contributed by atoms with Gasteiger partial charge in [0.1, 0.15) is 12.6 Å². The van der Waals surface area contributed by atoms with Gasteiger partial charge >= 0.3 is 0 Å². The minimum atomic E-state index is -3.25. The molecule has 0 amide bonds. The van der Waals surface area contributed by atoms with Crippen molar-refractivity contribution in [2.75, 3.05) is 39.6 Å². The van der Waals surface area contributed by atoms with Crippen LogP contribution in [0.25, 0.3) is 0 Å². The van der Waals surface area contributed by atoms with E-state index < -0.39 is 18.6 Å². The van der Waals surface area contributed by atoms with Crippen LogP contribution in [-0.2, 0) is 0 Å². The molecule has 3 rings (SSSR count). The fraction of sp³-hybridized carbons (Fsp3) is 0.571. The maximum Gasteiger partial charge on any atom is 0.290 e. The van der Waals surface area contributed by atoms with Gasteiger partial charge in [-0.25, -0.2) is 8.78 Å². The number of ether oxygens (including phenoxy) is 2. The van der Waals surface area contributed by atoms with Crippen LogP contribution in [0, 0.1) is 0 Å². The average molecular weight is 337 g/mol. The minimum Gasteiger partial charge on any atom is -0.454 e. The summed E-state index contributed by atoms with van der Waals surface area (Å²) in [6.07, 6.45) is 0. The molecule has 22 heavy (non-hydrogen) atoms. The zero-order valence-corrected chi connectivity index (χ0v) is 12.7. The van der Waals surface area contributed by atoms with Crippen molar-refractivity contribution >= 4 is 12.4 Å². The number of rotatable bonds is 4. The van der Waals surface area contributed by atoms with E-state index in [4.69, 9.17) is 14.6 Å². The predicted molar refractivity (Wildman–Crippen MR) is 79.0 cm³/mol. The van der Waals surface area contributed by atoms with Crippen molar-refractivity contribution < 1.29 is 23.4 Å². The number of aliphatic hydroxyl groups excluding tert-OH is 1. The first-order chi connectivity index (χ1) is 10.1. The second-order valence-electron chi connectivity index (χ2n) is 5.19. The molecule has 2 aliphatic heterocycles. The molecule has 0 radical (unpaired) electrons. The largest absolute Gasteiger partial charge is 0.454 e. The molecule has 1 atom stereocenters. The topological polar surface area (TPSA) is 54.0 Å². The normalized spacial score (nSPS) is 19.6. The third-order valence-electron chi connectivity index (χ3n) is 3.85. The van der Waals surface area contributed by atoms with Crippen LogP contribution in [0.1, 0.15) is 11.6 Å². The van der Waals surface area contributed by atoms with Crippen LogP contribution in [0.3, 0.4) is 0 Å². The molecule has 0 aromatic heterocycles. The van der Waals surface area contributed by atoms with Crippen LogP contribution in [0.15, 0.2) is 18.2 Å². The Kier molecular flexibility index (Phi) is 5.44. The number of nitrogens with zero attached hydrogens (tertiary/aromatic N) is 1. The number of hydrogen-bond acceptors (Lipinski definition) is 5. The van der Waals surface area contributed by atoms with Crippen LogP contribution >= 0.6 is 12.4 Å². The lowest BCUT2D eigenvalue weighted by Gasteiger charge is -2.38. The smallest absolute Gasteiger partial charge is 0.290 e. The third-order valence-corrected chi connectivity index (χ3v) is 3.85. The molecule has 1 aromatic rings. The Labute approximate surface area is 133 Å². The fourth-order valence-corrected chi connectivity index (χ4v) is 2.89. The van der Waals surface area contributed by atoms with Crippen LogP contribution in [-0.4, -0.2) is 55.5 Å². The number of aliphatic hydroxyl groups is 1. The van der Waals surface area contributed by atoms with Gasteiger partial charge in [-0.05, 0) is 6.07 Å². The molecule has 2 heterocycles. The van der Waals surface area contributed by atoms with Gasteiger partial charge in [0.05, 0.1) is 0 Å². The molecule has 0 aliphatic carbocycles. The second kappa shape index (κ2) is 6.95. The Balaban J connectivity index is 0.00000176. The van der Waals surface area contributed by atoms with Gasteiger partial charge in [-0.2, -0.15) is 0 Å². The van der Waals surface area contributed by atoms with Gasteiger partial charge in [0.25, 0.3) is 5.92 Å². The molecule has 1 aromatic carbocycles. The highest BCUT2D eigenvalue weighted by Crippen LogP contribution is 2.45. The van der Waals surface area contributed by atoms with Gasteiger partial charge in [0, 0.05) is 31.7 Å². The van der Waals surface area contributed by atoms with Gasteiger partial charge < -0.3 is 19.9 Å². The zero-order chi connectivity index (χ0) is 14.9. The quantitative estimate of drug-likeness (QED) is 0.871. The molecule has 0 bridgehead atoms. The van der Waals surface area contributed by atoms with Gasteiger partial charge in [-0.3, -0.25) is 4.90 Å². The van der Waals surface area contributed by atoms with Crippen molar-refractivity contribution in [1.82, 2.24) is 10.2 Å². The summed E-state index contributed by atoms with van der Waals surface area (Å²) in [6, 6.07) is 3.76. The molecule has 1 fully saturated rings. The van der Waals surface area contributed by atoms with Crippen LogP contribution < -0.4 is 14.8 Å². The van der Waals surface area contributed by atoms with Crippen LogP contribution in [0.4, 0.5) is 8.78 Å². The Morgan fingerprint density at radius 1 is 1.27 bits per heavy atom. The van der Waals surface area contributed by atoms with E-state index in [0.29, 0.717) is 43.2 Å². The summed E-state index contributed by atoms with van der Waals surface area (Å²) >= 11 is 0. The number of para-hydroxylation sites is 1. The maximum atomic E-state index is 14.3. The van der Waals surface area contributed by atoms with Crippen LogP contribution in [0.5, 0.6) is 11.5 Å². The van der Waals surface area contributed by atoms with Crippen molar-refractivity contribution in [3.8, 4) is 11.5 Å². The maximum absolute atomic E-state index is 14.3.